The van der Waals surface area contributed by atoms with Crippen molar-refractivity contribution < 1.29 is 27.4 Å². The van der Waals surface area contributed by atoms with E-state index in [-0.39, 0.29) is 22.5 Å². The summed E-state index contributed by atoms with van der Waals surface area (Å²) in [5.41, 5.74) is -0.754. The number of alkyl halides is 3. The molecule has 0 aliphatic carbocycles. The molecule has 1 rings (SSSR count). The van der Waals surface area contributed by atoms with Crippen LogP contribution in [0.2, 0.25) is 0 Å². The van der Waals surface area contributed by atoms with Crippen molar-refractivity contribution in [2.75, 3.05) is 13.2 Å². The van der Waals surface area contributed by atoms with E-state index in [1.54, 1.807) is 29.5 Å². The van der Waals surface area contributed by atoms with Gasteiger partial charge in [-0.25, -0.2) is 4.79 Å². The zero-order valence-electron chi connectivity index (χ0n) is 9.38. The van der Waals surface area contributed by atoms with Crippen LogP contribution in [0.3, 0.4) is 0 Å². The Balaban J connectivity index is 2.72. The Morgan fingerprint density at radius 2 is 2.06 bits per heavy atom. The van der Waals surface area contributed by atoms with Gasteiger partial charge >= 0.3 is 12.1 Å². The van der Waals surface area contributed by atoms with Gasteiger partial charge in [0.1, 0.15) is 5.75 Å². The molecule has 0 atom stereocenters. The Kier molecular flexibility index (Phi) is 5.24. The highest BCUT2D eigenvalue weighted by molar-refractivity contribution is 14.1. The van der Waals surface area contributed by atoms with Gasteiger partial charge < -0.3 is 9.47 Å². The van der Waals surface area contributed by atoms with Gasteiger partial charge in [-0.2, -0.15) is 13.2 Å². The third-order valence-corrected chi connectivity index (χ3v) is 2.75. The highest BCUT2D eigenvalue weighted by atomic mass is 127. The molecular formula is C11H10F3IO3. The number of rotatable bonds is 4. The molecule has 0 heterocycles. The number of esters is 1. The zero-order chi connectivity index (χ0) is 13.8. The van der Waals surface area contributed by atoms with E-state index in [9.17, 15) is 18.0 Å². The average molecular weight is 374 g/mol. The molecule has 100 valence electrons. The van der Waals surface area contributed by atoms with Gasteiger partial charge in [0.25, 0.3) is 0 Å². The lowest BCUT2D eigenvalue weighted by molar-refractivity contribution is -0.145. The quantitative estimate of drug-likeness (QED) is 0.600. The van der Waals surface area contributed by atoms with Gasteiger partial charge in [0.2, 0.25) is 0 Å². The SMILES string of the molecule is CCOC(=O)COc1ccc(C(F)(F)F)cc1I. The molecule has 0 spiro atoms. The summed E-state index contributed by atoms with van der Waals surface area (Å²) in [7, 11) is 0. The molecule has 0 fully saturated rings. The van der Waals surface area contributed by atoms with Crippen LogP contribution < -0.4 is 4.74 Å². The Hall–Kier alpha value is -0.990. The molecular weight excluding hydrogens is 364 g/mol. The maximum Gasteiger partial charge on any atom is 0.416 e. The second kappa shape index (κ2) is 6.26. The summed E-state index contributed by atoms with van der Waals surface area (Å²) in [4.78, 5) is 11.0. The lowest BCUT2D eigenvalue weighted by Gasteiger charge is -2.11. The Labute approximate surface area is 115 Å². The van der Waals surface area contributed by atoms with Gasteiger partial charge in [-0.1, -0.05) is 0 Å². The fourth-order valence-corrected chi connectivity index (χ4v) is 1.80. The van der Waals surface area contributed by atoms with Crippen molar-refractivity contribution in [3.63, 3.8) is 0 Å². The van der Waals surface area contributed by atoms with Crippen molar-refractivity contribution >= 4 is 28.6 Å². The molecule has 0 aromatic heterocycles. The minimum absolute atomic E-state index is 0.219. The number of hydrogen-bond acceptors (Lipinski definition) is 3. The van der Waals surface area contributed by atoms with Crippen molar-refractivity contribution in [3.05, 3.63) is 27.3 Å². The molecule has 1 aromatic carbocycles. The summed E-state index contributed by atoms with van der Waals surface area (Å²) >= 11 is 1.72. The van der Waals surface area contributed by atoms with Gasteiger partial charge in [0, 0.05) is 0 Å². The third kappa shape index (κ3) is 4.35. The van der Waals surface area contributed by atoms with E-state index >= 15 is 0 Å². The molecule has 3 nitrogen and oxygen atoms in total. The highest BCUT2D eigenvalue weighted by Crippen LogP contribution is 2.33. The number of carbonyl (C=O) groups excluding carboxylic acids is 1. The van der Waals surface area contributed by atoms with Crippen LogP contribution in [0.15, 0.2) is 18.2 Å². The van der Waals surface area contributed by atoms with Gasteiger partial charge in [-0.05, 0) is 47.7 Å². The minimum atomic E-state index is -4.39. The second-order valence-electron chi connectivity index (χ2n) is 3.24. The van der Waals surface area contributed by atoms with Crippen LogP contribution in [-0.2, 0) is 15.7 Å². The molecule has 7 heteroatoms. The summed E-state index contributed by atoms with van der Waals surface area (Å²) in [5, 5.41) is 0. The molecule has 0 bridgehead atoms. The molecule has 0 aliphatic heterocycles. The van der Waals surface area contributed by atoms with E-state index < -0.39 is 17.7 Å². The molecule has 0 aliphatic rings. The predicted molar refractivity (Wildman–Crippen MR) is 66.3 cm³/mol. The van der Waals surface area contributed by atoms with Gasteiger partial charge in [-0.15, -0.1) is 0 Å². The van der Waals surface area contributed by atoms with Crippen LogP contribution in [0.1, 0.15) is 12.5 Å². The number of hydrogen-bond donors (Lipinski definition) is 0. The van der Waals surface area contributed by atoms with Crippen molar-refractivity contribution in [1.82, 2.24) is 0 Å². The average Bonchev–Trinajstić information content (AvgIpc) is 2.26. The fourth-order valence-electron chi connectivity index (χ4n) is 1.13. The Bertz CT molecular complexity index is 432. The Morgan fingerprint density at radius 1 is 1.39 bits per heavy atom. The van der Waals surface area contributed by atoms with Crippen LogP contribution in [0.5, 0.6) is 5.75 Å². The fraction of sp³-hybridized carbons (Fsp3) is 0.364. The maximum atomic E-state index is 12.4. The smallest absolute Gasteiger partial charge is 0.416 e. The van der Waals surface area contributed by atoms with E-state index in [0.29, 0.717) is 0 Å². The molecule has 0 amide bonds. The van der Waals surface area contributed by atoms with Crippen LogP contribution in [-0.4, -0.2) is 19.2 Å². The first kappa shape index (κ1) is 15.1. The largest absolute Gasteiger partial charge is 0.481 e. The first-order valence-electron chi connectivity index (χ1n) is 4.99. The van der Waals surface area contributed by atoms with Gasteiger partial charge in [-0.3, -0.25) is 0 Å². The molecule has 0 N–H and O–H groups in total. The van der Waals surface area contributed by atoms with Gasteiger partial charge in [0.05, 0.1) is 15.7 Å². The lowest BCUT2D eigenvalue weighted by Crippen LogP contribution is -2.15. The van der Waals surface area contributed by atoms with Crippen LogP contribution >= 0.6 is 22.6 Å². The standard InChI is InChI=1S/C11H10F3IO3/c1-2-17-10(16)6-18-9-4-3-7(5-8(9)15)11(12,13)14/h3-5H,2,6H2,1H3. The molecule has 0 saturated heterocycles. The Morgan fingerprint density at radius 3 is 2.56 bits per heavy atom. The summed E-state index contributed by atoms with van der Waals surface area (Å²) in [5.74, 6) is -0.343. The molecule has 0 radical (unpaired) electrons. The van der Waals surface area contributed by atoms with Crippen molar-refractivity contribution in [3.8, 4) is 5.75 Å². The number of halogens is 4. The van der Waals surface area contributed by atoms with E-state index in [0.717, 1.165) is 12.1 Å². The van der Waals surface area contributed by atoms with E-state index in [4.69, 9.17) is 4.74 Å². The highest BCUT2D eigenvalue weighted by Gasteiger charge is 2.30. The number of ether oxygens (including phenoxy) is 2. The first-order chi connectivity index (χ1) is 8.34. The van der Waals surface area contributed by atoms with E-state index in [1.807, 2.05) is 0 Å². The van der Waals surface area contributed by atoms with E-state index in [2.05, 4.69) is 4.74 Å². The van der Waals surface area contributed by atoms with Crippen molar-refractivity contribution in [2.45, 2.75) is 13.1 Å². The molecule has 1 aromatic rings. The molecule has 0 saturated carbocycles. The lowest BCUT2D eigenvalue weighted by atomic mass is 10.2. The van der Waals surface area contributed by atoms with Gasteiger partial charge in [0.15, 0.2) is 6.61 Å². The van der Waals surface area contributed by atoms with E-state index in [1.165, 1.54) is 6.07 Å². The summed E-state index contributed by atoms with van der Waals surface area (Å²) in [6.07, 6.45) is -4.39. The van der Waals surface area contributed by atoms with Crippen LogP contribution in [0.25, 0.3) is 0 Å². The second-order valence-corrected chi connectivity index (χ2v) is 4.40. The molecule has 0 unspecified atom stereocenters. The normalized spacial score (nSPS) is 11.2. The topological polar surface area (TPSA) is 35.5 Å². The maximum absolute atomic E-state index is 12.4. The van der Waals surface area contributed by atoms with Crippen molar-refractivity contribution in [2.24, 2.45) is 0 Å². The summed E-state index contributed by atoms with van der Waals surface area (Å²) in [6.45, 7) is 1.56. The van der Waals surface area contributed by atoms with Crippen LogP contribution in [0.4, 0.5) is 13.2 Å². The van der Waals surface area contributed by atoms with Crippen molar-refractivity contribution in [1.29, 1.82) is 0 Å². The third-order valence-electron chi connectivity index (χ3n) is 1.91. The summed E-state index contributed by atoms with van der Waals surface area (Å²) < 4.78 is 47.2. The number of benzene rings is 1. The number of carbonyl (C=O) groups is 1. The zero-order valence-corrected chi connectivity index (χ0v) is 11.5. The predicted octanol–water partition coefficient (Wildman–Crippen LogP) is 3.25. The van der Waals surface area contributed by atoms with Crippen LogP contribution in [0, 0.1) is 3.57 Å². The minimum Gasteiger partial charge on any atom is -0.481 e. The molecule has 18 heavy (non-hydrogen) atoms. The summed E-state index contributed by atoms with van der Waals surface area (Å²) in [6, 6.07) is 3.05. The first-order valence-corrected chi connectivity index (χ1v) is 6.07. The monoisotopic (exact) mass is 374 g/mol.